The third-order valence-electron chi connectivity index (χ3n) is 4.24. The van der Waals surface area contributed by atoms with Gasteiger partial charge in [-0.3, -0.25) is 0 Å². The van der Waals surface area contributed by atoms with Crippen molar-refractivity contribution in [1.82, 2.24) is 5.32 Å². The van der Waals surface area contributed by atoms with Crippen LogP contribution in [0.4, 0.5) is 5.69 Å². The number of anilines is 1. The summed E-state index contributed by atoms with van der Waals surface area (Å²) >= 11 is 0. The molecule has 1 aliphatic rings. The van der Waals surface area contributed by atoms with Crippen LogP contribution in [0.2, 0.25) is 0 Å². The number of nitrogens with zero attached hydrogens (tertiary/aromatic N) is 1. The van der Waals surface area contributed by atoms with Gasteiger partial charge in [0.15, 0.2) is 0 Å². The molecule has 2 rings (SSSR count). The number of rotatable bonds is 8. The highest BCUT2D eigenvalue weighted by Gasteiger charge is 2.32. The number of nitrogens with one attached hydrogen (secondary N) is 1. The third kappa shape index (κ3) is 3.74. The Bertz CT molecular complexity index is 429. The second-order valence-corrected chi connectivity index (χ2v) is 5.93. The van der Waals surface area contributed by atoms with Gasteiger partial charge >= 0.3 is 0 Å². The number of benzene rings is 1. The van der Waals surface area contributed by atoms with Gasteiger partial charge in [0, 0.05) is 31.9 Å². The van der Waals surface area contributed by atoms with E-state index in [1.807, 2.05) is 7.05 Å². The fourth-order valence-corrected chi connectivity index (χ4v) is 2.89. The van der Waals surface area contributed by atoms with Crippen molar-refractivity contribution in [2.45, 2.75) is 39.3 Å². The number of ether oxygens (including phenoxy) is 1. The van der Waals surface area contributed by atoms with E-state index >= 15 is 0 Å². The van der Waals surface area contributed by atoms with Crippen LogP contribution in [0.1, 0.15) is 30.9 Å². The molecule has 3 heteroatoms. The summed E-state index contributed by atoms with van der Waals surface area (Å²) in [5.41, 5.74) is 4.07. The van der Waals surface area contributed by atoms with Crippen LogP contribution < -0.4 is 10.2 Å². The monoisotopic (exact) mass is 276 g/mol. The summed E-state index contributed by atoms with van der Waals surface area (Å²) in [7, 11) is 3.79. The van der Waals surface area contributed by atoms with Gasteiger partial charge in [-0.05, 0) is 51.3 Å². The van der Waals surface area contributed by atoms with Gasteiger partial charge in [-0.2, -0.15) is 0 Å². The minimum Gasteiger partial charge on any atom is -0.383 e. The maximum Gasteiger partial charge on any atom is 0.0637 e. The highest BCUT2D eigenvalue weighted by molar-refractivity contribution is 5.56. The van der Waals surface area contributed by atoms with Gasteiger partial charge in [0.05, 0.1) is 6.61 Å². The van der Waals surface area contributed by atoms with Crippen molar-refractivity contribution in [1.29, 1.82) is 0 Å². The van der Waals surface area contributed by atoms with Crippen molar-refractivity contribution in [2.75, 3.05) is 32.2 Å². The van der Waals surface area contributed by atoms with Crippen molar-refractivity contribution < 1.29 is 4.74 Å². The lowest BCUT2D eigenvalue weighted by Gasteiger charge is -2.33. The van der Waals surface area contributed by atoms with Crippen LogP contribution in [0.15, 0.2) is 18.2 Å². The molecule has 20 heavy (non-hydrogen) atoms. The van der Waals surface area contributed by atoms with Crippen molar-refractivity contribution >= 4 is 5.69 Å². The maximum atomic E-state index is 5.31. The zero-order valence-electron chi connectivity index (χ0n) is 13.3. The van der Waals surface area contributed by atoms with E-state index in [9.17, 15) is 0 Å². The summed E-state index contributed by atoms with van der Waals surface area (Å²) in [6.45, 7) is 7.18. The predicted octanol–water partition coefficient (Wildman–Crippen LogP) is 2.97. The molecule has 0 aliphatic heterocycles. The molecular formula is C17H28N2O. The van der Waals surface area contributed by atoms with E-state index in [-0.39, 0.29) is 0 Å². The van der Waals surface area contributed by atoms with Crippen LogP contribution >= 0.6 is 0 Å². The van der Waals surface area contributed by atoms with E-state index in [0.717, 1.165) is 25.6 Å². The Kier molecular flexibility index (Phi) is 5.44. The average Bonchev–Trinajstić information content (AvgIpc) is 3.25. The first-order valence-electron chi connectivity index (χ1n) is 7.67. The number of hydrogen-bond acceptors (Lipinski definition) is 3. The molecule has 0 heterocycles. The quantitative estimate of drug-likeness (QED) is 0.790. The highest BCUT2D eigenvalue weighted by atomic mass is 16.5. The minimum atomic E-state index is 0.600. The first-order valence-corrected chi connectivity index (χ1v) is 7.67. The van der Waals surface area contributed by atoms with Crippen LogP contribution in [0, 0.1) is 12.8 Å². The van der Waals surface area contributed by atoms with Gasteiger partial charge in [0.1, 0.15) is 0 Å². The molecule has 0 saturated heterocycles. The summed E-state index contributed by atoms with van der Waals surface area (Å²) in [6, 6.07) is 7.39. The molecule has 1 unspecified atom stereocenters. The third-order valence-corrected chi connectivity index (χ3v) is 4.24. The van der Waals surface area contributed by atoms with Gasteiger partial charge in [-0.25, -0.2) is 0 Å². The number of hydrogen-bond donors (Lipinski definition) is 1. The van der Waals surface area contributed by atoms with Gasteiger partial charge in [-0.1, -0.05) is 17.7 Å². The molecular weight excluding hydrogens is 248 g/mol. The van der Waals surface area contributed by atoms with Crippen LogP contribution in [-0.4, -0.2) is 33.4 Å². The highest BCUT2D eigenvalue weighted by Crippen LogP contribution is 2.37. The summed E-state index contributed by atoms with van der Waals surface area (Å²) < 4.78 is 5.31. The van der Waals surface area contributed by atoms with Gasteiger partial charge in [-0.15, -0.1) is 0 Å². The predicted molar refractivity (Wildman–Crippen MR) is 85.4 cm³/mol. The molecule has 1 atom stereocenters. The largest absolute Gasteiger partial charge is 0.383 e. The Morgan fingerprint density at radius 1 is 1.40 bits per heavy atom. The zero-order chi connectivity index (χ0) is 14.5. The molecule has 1 aliphatic carbocycles. The molecule has 112 valence electrons. The van der Waals surface area contributed by atoms with E-state index in [4.69, 9.17) is 4.74 Å². The Balaban J connectivity index is 2.25. The SMILES string of the molecule is CNCc1cc(C)ccc1N(CCOC)C(C)C1CC1. The summed E-state index contributed by atoms with van der Waals surface area (Å²) in [5.74, 6) is 0.857. The number of methoxy groups -OCH3 is 1. The maximum absolute atomic E-state index is 5.31. The molecule has 0 radical (unpaired) electrons. The first kappa shape index (κ1) is 15.3. The van der Waals surface area contributed by atoms with Crippen molar-refractivity contribution in [3.63, 3.8) is 0 Å². The van der Waals surface area contributed by atoms with E-state index in [2.05, 4.69) is 42.3 Å². The van der Waals surface area contributed by atoms with Gasteiger partial charge in [0.25, 0.3) is 0 Å². The van der Waals surface area contributed by atoms with Crippen LogP contribution in [0.5, 0.6) is 0 Å². The molecule has 1 aromatic rings. The van der Waals surface area contributed by atoms with Crippen LogP contribution in [0.3, 0.4) is 0 Å². The number of aryl methyl sites for hydroxylation is 1. The second kappa shape index (κ2) is 7.09. The van der Waals surface area contributed by atoms with Crippen LogP contribution in [-0.2, 0) is 11.3 Å². The smallest absolute Gasteiger partial charge is 0.0637 e. The standard InChI is InChI=1S/C17H28N2O/c1-13-5-8-17(16(11-13)12-18-3)19(9-10-20-4)14(2)15-6-7-15/h5,8,11,14-15,18H,6-7,9-10,12H2,1-4H3. The Labute approximate surface area is 123 Å². The summed E-state index contributed by atoms with van der Waals surface area (Å²) in [6.07, 6.45) is 2.75. The second-order valence-electron chi connectivity index (χ2n) is 5.93. The first-order chi connectivity index (χ1) is 9.67. The summed E-state index contributed by atoms with van der Waals surface area (Å²) in [4.78, 5) is 2.54. The zero-order valence-corrected chi connectivity index (χ0v) is 13.3. The molecule has 0 bridgehead atoms. The topological polar surface area (TPSA) is 24.5 Å². The van der Waals surface area contributed by atoms with E-state index in [1.54, 1.807) is 7.11 Å². The van der Waals surface area contributed by atoms with Crippen LogP contribution in [0.25, 0.3) is 0 Å². The minimum absolute atomic E-state index is 0.600. The van der Waals surface area contributed by atoms with Crippen molar-refractivity contribution in [2.24, 2.45) is 5.92 Å². The van der Waals surface area contributed by atoms with E-state index < -0.39 is 0 Å². The normalized spacial score (nSPS) is 16.2. The molecule has 1 fully saturated rings. The fourth-order valence-electron chi connectivity index (χ4n) is 2.89. The van der Waals surface area contributed by atoms with E-state index in [0.29, 0.717) is 6.04 Å². The molecule has 0 aromatic heterocycles. The van der Waals surface area contributed by atoms with E-state index in [1.165, 1.54) is 29.7 Å². The Morgan fingerprint density at radius 2 is 2.15 bits per heavy atom. The van der Waals surface area contributed by atoms with Crippen molar-refractivity contribution in [3.05, 3.63) is 29.3 Å². The molecule has 3 nitrogen and oxygen atoms in total. The lowest BCUT2D eigenvalue weighted by Crippen LogP contribution is -2.38. The lowest BCUT2D eigenvalue weighted by molar-refractivity contribution is 0.202. The van der Waals surface area contributed by atoms with Crippen molar-refractivity contribution in [3.8, 4) is 0 Å². The Hall–Kier alpha value is -1.06. The van der Waals surface area contributed by atoms with Gasteiger partial charge in [0.2, 0.25) is 0 Å². The lowest BCUT2D eigenvalue weighted by atomic mass is 10.1. The molecule has 1 saturated carbocycles. The average molecular weight is 276 g/mol. The Morgan fingerprint density at radius 3 is 2.75 bits per heavy atom. The fraction of sp³-hybridized carbons (Fsp3) is 0.647. The molecule has 1 N–H and O–H groups in total. The molecule has 0 spiro atoms. The molecule has 1 aromatic carbocycles. The van der Waals surface area contributed by atoms with Gasteiger partial charge < -0.3 is 15.0 Å². The molecule has 0 amide bonds. The summed E-state index contributed by atoms with van der Waals surface area (Å²) in [5, 5.41) is 3.29.